The summed E-state index contributed by atoms with van der Waals surface area (Å²) in [5.74, 6) is -3.02. The number of nitrogens with one attached hydrogen (secondary N) is 2. The molecule has 2 atom stereocenters. The van der Waals surface area contributed by atoms with Crippen molar-refractivity contribution >= 4 is 41.1 Å². The molecule has 0 spiro atoms. The van der Waals surface area contributed by atoms with E-state index in [0.717, 1.165) is 16.0 Å². The van der Waals surface area contributed by atoms with Gasteiger partial charge in [0.15, 0.2) is 0 Å². The average molecular weight is 699 g/mol. The molecule has 3 aromatic rings. The molecule has 3 aliphatic rings. The first kappa shape index (κ1) is 35.3. The van der Waals surface area contributed by atoms with Crippen LogP contribution in [0.4, 0.5) is 10.1 Å². The number of amides is 6. The van der Waals surface area contributed by atoms with Gasteiger partial charge in [-0.1, -0.05) is 24.3 Å². The van der Waals surface area contributed by atoms with Gasteiger partial charge in [-0.05, 0) is 60.7 Å². The summed E-state index contributed by atoms with van der Waals surface area (Å²) >= 11 is 0. The molecular weight excluding hydrogens is 659 g/mol. The fraction of sp³-hybridized carbons (Fsp3) is 0.378. The first-order valence-electron chi connectivity index (χ1n) is 17.0. The Balaban J connectivity index is 0.942. The standard InChI is InChI=1S/C37H39FN6O7/c1-42(33(25-4-3-16-39-22-25)23-7-9-26(38)10-8-23)35(48)24-13-18-43(19-14-24)31(46)15-20-51-21-17-40-28-6-2-5-27-32(28)37(50)44(36(27)49)29-11-12-30(45)41-34(29)47/h2-10,16,22,24,29,33,40H,11-15,17-21H2,1H3,(H,41,45,47). The van der Waals surface area contributed by atoms with Crippen molar-refractivity contribution in [2.24, 2.45) is 5.92 Å². The van der Waals surface area contributed by atoms with E-state index in [-0.39, 0.29) is 67.2 Å². The van der Waals surface area contributed by atoms with Gasteiger partial charge in [-0.2, -0.15) is 0 Å². The van der Waals surface area contributed by atoms with Crippen LogP contribution >= 0.6 is 0 Å². The monoisotopic (exact) mass is 698 g/mol. The molecular formula is C37H39FN6O7. The minimum atomic E-state index is -1.05. The van der Waals surface area contributed by atoms with Crippen molar-refractivity contribution in [3.05, 3.63) is 95.1 Å². The van der Waals surface area contributed by atoms with E-state index in [9.17, 15) is 33.2 Å². The Bertz CT molecular complexity index is 1810. The predicted octanol–water partition coefficient (Wildman–Crippen LogP) is 2.93. The lowest BCUT2D eigenvalue weighted by Gasteiger charge is -2.36. The van der Waals surface area contributed by atoms with E-state index in [1.54, 1.807) is 59.6 Å². The second kappa shape index (κ2) is 15.6. The number of nitrogens with zero attached hydrogens (tertiary/aromatic N) is 4. The minimum absolute atomic E-state index is 0.0399. The van der Waals surface area contributed by atoms with Gasteiger partial charge < -0.3 is 19.9 Å². The predicted molar refractivity (Wildman–Crippen MR) is 182 cm³/mol. The highest BCUT2D eigenvalue weighted by Gasteiger charge is 2.45. The first-order valence-corrected chi connectivity index (χ1v) is 17.0. The smallest absolute Gasteiger partial charge is 0.264 e. The van der Waals surface area contributed by atoms with E-state index in [1.165, 1.54) is 18.2 Å². The molecule has 2 unspecified atom stereocenters. The summed E-state index contributed by atoms with van der Waals surface area (Å²) in [4.78, 5) is 85.4. The molecule has 6 rings (SSSR count). The lowest BCUT2D eigenvalue weighted by molar-refractivity contribution is -0.141. The number of hydrogen-bond acceptors (Lipinski definition) is 9. The maximum Gasteiger partial charge on any atom is 0.264 e. The Kier molecular flexibility index (Phi) is 10.8. The number of rotatable bonds is 12. The Morgan fingerprint density at radius 1 is 0.980 bits per heavy atom. The molecule has 2 aromatic carbocycles. The van der Waals surface area contributed by atoms with Crippen molar-refractivity contribution in [1.29, 1.82) is 0 Å². The van der Waals surface area contributed by atoms with Crippen molar-refractivity contribution < 1.29 is 37.9 Å². The zero-order valence-electron chi connectivity index (χ0n) is 28.2. The van der Waals surface area contributed by atoms with Crippen LogP contribution in [0.15, 0.2) is 67.0 Å². The summed E-state index contributed by atoms with van der Waals surface area (Å²) in [6.07, 6.45) is 4.68. The highest BCUT2D eigenvalue weighted by atomic mass is 19.1. The fourth-order valence-corrected chi connectivity index (χ4v) is 6.95. The summed E-state index contributed by atoms with van der Waals surface area (Å²) in [6, 6.07) is 13.1. The molecule has 2 N–H and O–H groups in total. The average Bonchev–Trinajstić information content (AvgIpc) is 3.40. The molecule has 0 radical (unpaired) electrons. The van der Waals surface area contributed by atoms with E-state index >= 15 is 0 Å². The number of carbonyl (C=O) groups excluding carboxylic acids is 6. The molecule has 4 heterocycles. The van der Waals surface area contributed by atoms with Crippen LogP contribution < -0.4 is 10.6 Å². The number of imide groups is 2. The Hall–Kier alpha value is -5.50. The van der Waals surface area contributed by atoms with E-state index in [0.29, 0.717) is 38.2 Å². The third kappa shape index (κ3) is 7.65. The molecule has 14 heteroatoms. The van der Waals surface area contributed by atoms with Gasteiger partial charge in [-0.15, -0.1) is 0 Å². The van der Waals surface area contributed by atoms with Gasteiger partial charge in [0.1, 0.15) is 11.9 Å². The molecule has 0 aliphatic carbocycles. The van der Waals surface area contributed by atoms with Crippen LogP contribution in [0.25, 0.3) is 0 Å². The van der Waals surface area contributed by atoms with E-state index in [2.05, 4.69) is 15.6 Å². The van der Waals surface area contributed by atoms with Crippen LogP contribution in [0.3, 0.4) is 0 Å². The quantitative estimate of drug-likeness (QED) is 0.214. The van der Waals surface area contributed by atoms with Crippen molar-refractivity contribution in [2.75, 3.05) is 45.2 Å². The van der Waals surface area contributed by atoms with Gasteiger partial charge in [-0.3, -0.25) is 44.0 Å². The van der Waals surface area contributed by atoms with Crippen LogP contribution in [0.1, 0.15) is 70.0 Å². The third-order valence-electron chi connectivity index (χ3n) is 9.61. The number of carbonyl (C=O) groups is 6. The zero-order chi connectivity index (χ0) is 36.1. The maximum atomic E-state index is 13.7. The Morgan fingerprint density at radius 2 is 1.75 bits per heavy atom. The number of hydrogen-bond donors (Lipinski definition) is 2. The van der Waals surface area contributed by atoms with Crippen molar-refractivity contribution in [2.45, 2.75) is 44.2 Å². The summed E-state index contributed by atoms with van der Waals surface area (Å²) in [6.45, 7) is 1.59. The van der Waals surface area contributed by atoms with Crippen LogP contribution in [-0.2, 0) is 23.9 Å². The fourth-order valence-electron chi connectivity index (χ4n) is 6.95. The summed E-state index contributed by atoms with van der Waals surface area (Å²) in [5.41, 5.74) is 2.36. The number of ether oxygens (including phenoxy) is 1. The molecule has 3 aliphatic heterocycles. The number of likely N-dealkylation sites (tertiary alicyclic amines) is 1. The Morgan fingerprint density at radius 3 is 2.45 bits per heavy atom. The van der Waals surface area contributed by atoms with Crippen LogP contribution in [0, 0.1) is 11.7 Å². The highest BCUT2D eigenvalue weighted by Crippen LogP contribution is 2.33. The van der Waals surface area contributed by atoms with Crippen LogP contribution in [0.5, 0.6) is 0 Å². The number of halogens is 1. The number of pyridine rings is 1. The summed E-state index contributed by atoms with van der Waals surface area (Å²) < 4.78 is 19.4. The van der Waals surface area contributed by atoms with E-state index in [4.69, 9.17) is 4.74 Å². The van der Waals surface area contributed by atoms with Gasteiger partial charge in [0.05, 0.1) is 36.8 Å². The largest absolute Gasteiger partial charge is 0.382 e. The molecule has 2 fully saturated rings. The van der Waals surface area contributed by atoms with Gasteiger partial charge in [-0.25, -0.2) is 4.39 Å². The molecule has 2 saturated heterocycles. The minimum Gasteiger partial charge on any atom is -0.382 e. The molecule has 6 amide bonds. The van der Waals surface area contributed by atoms with Crippen LogP contribution in [0.2, 0.25) is 0 Å². The van der Waals surface area contributed by atoms with Crippen molar-refractivity contribution in [3.8, 4) is 0 Å². The second-order valence-corrected chi connectivity index (χ2v) is 12.8. The van der Waals surface area contributed by atoms with Crippen molar-refractivity contribution in [1.82, 2.24) is 25.0 Å². The molecule has 51 heavy (non-hydrogen) atoms. The van der Waals surface area contributed by atoms with Gasteiger partial charge in [0.25, 0.3) is 11.8 Å². The Labute approximate surface area is 294 Å². The summed E-state index contributed by atoms with van der Waals surface area (Å²) in [7, 11) is 1.74. The second-order valence-electron chi connectivity index (χ2n) is 12.8. The van der Waals surface area contributed by atoms with Gasteiger partial charge in [0, 0.05) is 57.1 Å². The third-order valence-corrected chi connectivity index (χ3v) is 9.61. The zero-order valence-corrected chi connectivity index (χ0v) is 28.2. The van der Waals surface area contributed by atoms with Crippen LogP contribution in [-0.4, -0.2) is 101 Å². The maximum absolute atomic E-state index is 13.7. The molecule has 266 valence electrons. The molecule has 1 aromatic heterocycles. The van der Waals surface area contributed by atoms with Crippen molar-refractivity contribution in [3.63, 3.8) is 0 Å². The number of benzene rings is 2. The van der Waals surface area contributed by atoms with E-state index < -0.39 is 35.7 Å². The van der Waals surface area contributed by atoms with E-state index in [1.807, 2.05) is 6.07 Å². The van der Waals surface area contributed by atoms with Gasteiger partial charge >= 0.3 is 0 Å². The normalized spacial score (nSPS) is 18.4. The van der Waals surface area contributed by atoms with Gasteiger partial charge in [0.2, 0.25) is 23.6 Å². The number of fused-ring (bicyclic) bond motifs is 1. The number of aromatic nitrogens is 1. The number of piperidine rings is 2. The lowest BCUT2D eigenvalue weighted by Crippen LogP contribution is -2.54. The lowest BCUT2D eigenvalue weighted by atomic mass is 9.92. The first-order chi connectivity index (χ1) is 24.6. The highest BCUT2D eigenvalue weighted by molar-refractivity contribution is 6.25. The SMILES string of the molecule is CN(C(=O)C1CCN(C(=O)CCOCCNc2cccc3c2C(=O)N(C2CCC(=O)NC2=O)C3=O)CC1)C(c1ccc(F)cc1)c1cccnc1. The number of anilines is 1. The molecule has 13 nitrogen and oxygen atoms in total. The molecule has 0 saturated carbocycles. The molecule has 0 bridgehead atoms. The topological polar surface area (TPSA) is 158 Å². The summed E-state index contributed by atoms with van der Waals surface area (Å²) in [5, 5.41) is 5.30.